The number of benzene rings is 1. The van der Waals surface area contributed by atoms with Crippen molar-refractivity contribution >= 4 is 12.1 Å². The van der Waals surface area contributed by atoms with Gasteiger partial charge in [0, 0.05) is 12.2 Å². The Balaban J connectivity index is 2.12. The molecule has 2 rings (SSSR count). The molecule has 0 saturated carbocycles. The number of carbonyl (C=O) groups excluding carboxylic acids is 1. The summed E-state index contributed by atoms with van der Waals surface area (Å²) in [7, 11) is 1.58. The second-order valence-corrected chi connectivity index (χ2v) is 6.19. The van der Waals surface area contributed by atoms with Crippen LogP contribution in [0.3, 0.4) is 0 Å². The number of rotatable bonds is 8. The van der Waals surface area contributed by atoms with E-state index in [2.05, 4.69) is 10.5 Å². The molecule has 27 heavy (non-hydrogen) atoms. The molecule has 1 amide bonds. The summed E-state index contributed by atoms with van der Waals surface area (Å²) in [5.41, 5.74) is 2.82. The van der Waals surface area contributed by atoms with Crippen molar-refractivity contribution in [3.05, 3.63) is 58.0 Å². The van der Waals surface area contributed by atoms with Crippen molar-refractivity contribution in [1.29, 1.82) is 0 Å². The number of aromatic nitrogens is 1. The standard InChI is InChI=1S/C20H25N3O4/c1-5-11-27-18-12-15(8-9-17(18)26-4)13-21-22-19(24)16-7-6-10-23(14(2)3)20(16)25/h6-10,12-14H,5,11H2,1-4H3,(H,22,24)/b21-13-. The van der Waals surface area contributed by atoms with Gasteiger partial charge in [-0.05, 0) is 56.2 Å². The van der Waals surface area contributed by atoms with Gasteiger partial charge in [-0.25, -0.2) is 5.43 Å². The molecule has 0 aliphatic heterocycles. The maximum absolute atomic E-state index is 12.3. The molecule has 144 valence electrons. The molecule has 7 heteroatoms. The Kier molecular flexibility index (Phi) is 7.16. The van der Waals surface area contributed by atoms with Crippen molar-refractivity contribution in [1.82, 2.24) is 9.99 Å². The topological polar surface area (TPSA) is 81.9 Å². The Labute approximate surface area is 158 Å². The van der Waals surface area contributed by atoms with Crippen LogP contribution in [0.4, 0.5) is 0 Å². The van der Waals surface area contributed by atoms with Crippen LogP contribution in [-0.2, 0) is 0 Å². The van der Waals surface area contributed by atoms with Gasteiger partial charge in [-0.15, -0.1) is 0 Å². The van der Waals surface area contributed by atoms with Gasteiger partial charge in [-0.3, -0.25) is 9.59 Å². The molecule has 0 fully saturated rings. The molecule has 1 heterocycles. The molecule has 0 radical (unpaired) electrons. The Morgan fingerprint density at radius 1 is 1.30 bits per heavy atom. The Bertz CT molecular complexity index is 872. The molecule has 0 saturated heterocycles. The summed E-state index contributed by atoms with van der Waals surface area (Å²) in [4.78, 5) is 24.6. The number of hydrazone groups is 1. The number of methoxy groups -OCH3 is 1. The zero-order chi connectivity index (χ0) is 19.8. The van der Waals surface area contributed by atoms with E-state index in [1.165, 1.54) is 16.8 Å². The van der Waals surface area contributed by atoms with Gasteiger partial charge < -0.3 is 14.0 Å². The maximum atomic E-state index is 12.3. The fourth-order valence-electron chi connectivity index (χ4n) is 2.41. The average Bonchev–Trinajstić information content (AvgIpc) is 2.66. The van der Waals surface area contributed by atoms with E-state index in [4.69, 9.17) is 9.47 Å². The highest BCUT2D eigenvalue weighted by Crippen LogP contribution is 2.27. The van der Waals surface area contributed by atoms with Crippen molar-refractivity contribution in [2.24, 2.45) is 5.10 Å². The van der Waals surface area contributed by atoms with Gasteiger partial charge in [0.15, 0.2) is 11.5 Å². The normalized spacial score (nSPS) is 11.0. The van der Waals surface area contributed by atoms with E-state index >= 15 is 0 Å². The minimum Gasteiger partial charge on any atom is -0.493 e. The molecule has 0 unspecified atom stereocenters. The second kappa shape index (κ2) is 9.56. The molecule has 7 nitrogen and oxygen atoms in total. The van der Waals surface area contributed by atoms with Crippen molar-refractivity contribution in [2.45, 2.75) is 33.2 Å². The van der Waals surface area contributed by atoms with Crippen LogP contribution >= 0.6 is 0 Å². The minimum absolute atomic E-state index is 0.0328. The first-order chi connectivity index (χ1) is 13.0. The summed E-state index contributed by atoms with van der Waals surface area (Å²) in [5.74, 6) is 0.683. The zero-order valence-corrected chi connectivity index (χ0v) is 16.1. The molecule has 1 aromatic heterocycles. The summed E-state index contributed by atoms with van der Waals surface area (Å²) in [6.45, 7) is 6.35. The van der Waals surface area contributed by atoms with E-state index in [0.717, 1.165) is 12.0 Å². The smallest absolute Gasteiger partial charge is 0.276 e. The lowest BCUT2D eigenvalue weighted by Crippen LogP contribution is -2.31. The molecule has 0 aliphatic rings. The van der Waals surface area contributed by atoms with Crippen molar-refractivity contribution in [3.8, 4) is 11.5 Å². The molecular weight excluding hydrogens is 346 g/mol. The first kappa shape index (κ1) is 20.2. The number of nitrogens with one attached hydrogen (secondary N) is 1. The molecular formula is C20H25N3O4. The first-order valence-electron chi connectivity index (χ1n) is 8.83. The number of carbonyl (C=O) groups is 1. The lowest BCUT2D eigenvalue weighted by atomic mass is 10.2. The van der Waals surface area contributed by atoms with Crippen LogP contribution < -0.4 is 20.5 Å². The maximum Gasteiger partial charge on any atom is 0.276 e. The summed E-state index contributed by atoms with van der Waals surface area (Å²) in [5, 5.41) is 3.94. The van der Waals surface area contributed by atoms with Crippen molar-refractivity contribution < 1.29 is 14.3 Å². The van der Waals surface area contributed by atoms with Crippen LogP contribution in [0.25, 0.3) is 0 Å². The van der Waals surface area contributed by atoms with Gasteiger partial charge in [0.2, 0.25) is 0 Å². The third-order valence-electron chi connectivity index (χ3n) is 3.80. The van der Waals surface area contributed by atoms with E-state index in [1.54, 1.807) is 37.6 Å². The summed E-state index contributed by atoms with van der Waals surface area (Å²) >= 11 is 0. The highest BCUT2D eigenvalue weighted by atomic mass is 16.5. The van der Waals surface area contributed by atoms with Crippen LogP contribution in [-0.4, -0.2) is 30.4 Å². The lowest BCUT2D eigenvalue weighted by molar-refractivity contribution is 0.0953. The fourth-order valence-corrected chi connectivity index (χ4v) is 2.41. The van der Waals surface area contributed by atoms with Gasteiger partial charge >= 0.3 is 0 Å². The molecule has 2 aromatic rings. The summed E-state index contributed by atoms with van der Waals surface area (Å²) in [6, 6.07) is 8.46. The van der Waals surface area contributed by atoms with Gasteiger partial charge in [0.05, 0.1) is 19.9 Å². The van der Waals surface area contributed by atoms with Crippen LogP contribution in [0.15, 0.2) is 46.4 Å². The lowest BCUT2D eigenvalue weighted by Gasteiger charge is -2.11. The predicted molar refractivity (Wildman–Crippen MR) is 105 cm³/mol. The molecule has 1 aromatic carbocycles. The van der Waals surface area contributed by atoms with E-state index in [0.29, 0.717) is 18.1 Å². The third kappa shape index (κ3) is 5.20. The van der Waals surface area contributed by atoms with E-state index < -0.39 is 5.91 Å². The van der Waals surface area contributed by atoms with Gasteiger partial charge in [0.1, 0.15) is 5.56 Å². The van der Waals surface area contributed by atoms with E-state index in [-0.39, 0.29) is 17.2 Å². The van der Waals surface area contributed by atoms with Crippen molar-refractivity contribution in [2.75, 3.05) is 13.7 Å². The van der Waals surface area contributed by atoms with Gasteiger partial charge in [-0.1, -0.05) is 6.92 Å². The van der Waals surface area contributed by atoms with Gasteiger partial charge in [-0.2, -0.15) is 5.10 Å². The van der Waals surface area contributed by atoms with Crippen LogP contribution in [0.2, 0.25) is 0 Å². The Morgan fingerprint density at radius 2 is 2.07 bits per heavy atom. The highest BCUT2D eigenvalue weighted by Gasteiger charge is 2.12. The van der Waals surface area contributed by atoms with Crippen LogP contribution in [0.5, 0.6) is 11.5 Å². The second-order valence-electron chi connectivity index (χ2n) is 6.19. The van der Waals surface area contributed by atoms with Gasteiger partial charge in [0.25, 0.3) is 11.5 Å². The third-order valence-corrected chi connectivity index (χ3v) is 3.80. The number of nitrogens with zero attached hydrogens (tertiary/aromatic N) is 2. The molecule has 0 aliphatic carbocycles. The Morgan fingerprint density at radius 3 is 2.74 bits per heavy atom. The fraction of sp³-hybridized carbons (Fsp3) is 0.350. The zero-order valence-electron chi connectivity index (χ0n) is 16.1. The molecule has 1 N–H and O–H groups in total. The van der Waals surface area contributed by atoms with Crippen LogP contribution in [0, 0.1) is 0 Å². The van der Waals surface area contributed by atoms with Crippen LogP contribution in [0.1, 0.15) is 49.2 Å². The highest BCUT2D eigenvalue weighted by molar-refractivity contribution is 5.94. The predicted octanol–water partition coefficient (Wildman–Crippen LogP) is 2.99. The van der Waals surface area contributed by atoms with Crippen molar-refractivity contribution in [3.63, 3.8) is 0 Å². The molecule has 0 spiro atoms. The quantitative estimate of drug-likeness (QED) is 0.571. The van der Waals surface area contributed by atoms with E-state index in [1.807, 2.05) is 20.8 Å². The number of pyridine rings is 1. The first-order valence-corrected chi connectivity index (χ1v) is 8.83. The molecule has 0 bridgehead atoms. The average molecular weight is 371 g/mol. The number of amides is 1. The SMILES string of the molecule is CCCOc1cc(/C=N\NC(=O)c2cccn(C(C)C)c2=O)ccc1OC. The minimum atomic E-state index is -0.554. The Hall–Kier alpha value is -3.09. The summed E-state index contributed by atoms with van der Waals surface area (Å²) < 4.78 is 12.4. The molecule has 0 atom stereocenters. The number of ether oxygens (including phenoxy) is 2. The largest absolute Gasteiger partial charge is 0.493 e. The monoisotopic (exact) mass is 371 g/mol. The number of hydrogen-bond donors (Lipinski definition) is 1. The summed E-state index contributed by atoms with van der Waals surface area (Å²) in [6.07, 6.45) is 4.02. The number of hydrogen-bond acceptors (Lipinski definition) is 5. The van der Waals surface area contributed by atoms with E-state index in [9.17, 15) is 9.59 Å².